The predicted octanol–water partition coefficient (Wildman–Crippen LogP) is 2.31. The first-order valence-electron chi connectivity index (χ1n) is 5.14. The molecule has 0 aliphatic rings. The van der Waals surface area contributed by atoms with Crippen molar-refractivity contribution in [2.24, 2.45) is 0 Å². The summed E-state index contributed by atoms with van der Waals surface area (Å²) in [5.74, 6) is 0.701. The Kier molecular flexibility index (Phi) is 5.32. The Hall–Kier alpha value is -1.03. The van der Waals surface area contributed by atoms with Crippen molar-refractivity contribution in [3.8, 4) is 5.75 Å². The number of amides is 1. The second-order valence-electron chi connectivity index (χ2n) is 3.61. The van der Waals surface area contributed by atoms with Crippen LogP contribution in [-0.2, 0) is 4.79 Å². The van der Waals surface area contributed by atoms with E-state index in [0.717, 1.165) is 11.1 Å². The maximum absolute atomic E-state index is 11.7. The van der Waals surface area contributed by atoms with Crippen molar-refractivity contribution in [1.29, 1.82) is 0 Å². The molecule has 0 fully saturated rings. The SMILES string of the molecule is CC(CBr)N(C)C(=O)COc1ccccc1. The first-order chi connectivity index (χ1) is 7.65. The highest BCUT2D eigenvalue weighted by molar-refractivity contribution is 9.09. The number of benzene rings is 1. The van der Waals surface area contributed by atoms with Crippen LogP contribution in [0.5, 0.6) is 5.75 Å². The molecule has 0 aliphatic heterocycles. The van der Waals surface area contributed by atoms with Crippen molar-refractivity contribution >= 4 is 21.8 Å². The van der Waals surface area contributed by atoms with Crippen LogP contribution in [0.4, 0.5) is 0 Å². The molecule has 1 unspecified atom stereocenters. The number of hydrogen-bond acceptors (Lipinski definition) is 2. The monoisotopic (exact) mass is 285 g/mol. The lowest BCUT2D eigenvalue weighted by Crippen LogP contribution is -2.39. The Morgan fingerprint density at radius 3 is 2.62 bits per heavy atom. The smallest absolute Gasteiger partial charge is 0.260 e. The highest BCUT2D eigenvalue weighted by Crippen LogP contribution is 2.08. The molecule has 0 spiro atoms. The molecule has 0 radical (unpaired) electrons. The van der Waals surface area contributed by atoms with E-state index in [9.17, 15) is 4.79 Å². The van der Waals surface area contributed by atoms with Crippen LogP contribution in [0.15, 0.2) is 30.3 Å². The van der Waals surface area contributed by atoms with Gasteiger partial charge >= 0.3 is 0 Å². The van der Waals surface area contributed by atoms with Gasteiger partial charge < -0.3 is 9.64 Å². The van der Waals surface area contributed by atoms with Crippen LogP contribution in [0.25, 0.3) is 0 Å². The normalized spacial score (nSPS) is 11.9. The number of carbonyl (C=O) groups excluding carboxylic acids is 1. The molecule has 0 N–H and O–H groups in total. The minimum absolute atomic E-state index is 0.0178. The van der Waals surface area contributed by atoms with E-state index in [2.05, 4.69) is 15.9 Å². The number of hydrogen-bond donors (Lipinski definition) is 0. The molecule has 1 aromatic rings. The van der Waals surface area contributed by atoms with Crippen molar-refractivity contribution in [2.45, 2.75) is 13.0 Å². The van der Waals surface area contributed by atoms with Crippen molar-refractivity contribution in [1.82, 2.24) is 4.90 Å². The number of rotatable bonds is 5. The van der Waals surface area contributed by atoms with Gasteiger partial charge in [-0.2, -0.15) is 0 Å². The third-order valence-corrected chi connectivity index (χ3v) is 3.32. The maximum atomic E-state index is 11.7. The summed E-state index contributed by atoms with van der Waals surface area (Å²) >= 11 is 3.34. The van der Waals surface area contributed by atoms with Gasteiger partial charge in [-0.1, -0.05) is 34.1 Å². The molecule has 1 amide bonds. The highest BCUT2D eigenvalue weighted by atomic mass is 79.9. The van der Waals surface area contributed by atoms with Gasteiger partial charge in [-0.25, -0.2) is 0 Å². The number of para-hydroxylation sites is 1. The van der Waals surface area contributed by atoms with Crippen LogP contribution in [0.1, 0.15) is 6.92 Å². The molecule has 88 valence electrons. The maximum Gasteiger partial charge on any atom is 0.260 e. The molecule has 1 atom stereocenters. The molecule has 3 nitrogen and oxygen atoms in total. The zero-order valence-corrected chi connectivity index (χ0v) is 11.1. The lowest BCUT2D eigenvalue weighted by Gasteiger charge is -2.23. The van der Waals surface area contributed by atoms with Crippen molar-refractivity contribution in [2.75, 3.05) is 19.0 Å². The van der Waals surface area contributed by atoms with E-state index in [4.69, 9.17) is 4.74 Å². The van der Waals surface area contributed by atoms with E-state index in [0.29, 0.717) is 0 Å². The summed E-state index contributed by atoms with van der Waals surface area (Å²) in [4.78, 5) is 13.4. The van der Waals surface area contributed by atoms with Crippen molar-refractivity contribution in [3.05, 3.63) is 30.3 Å². The zero-order valence-electron chi connectivity index (χ0n) is 9.52. The molecular formula is C12H16BrNO2. The molecule has 0 heterocycles. The van der Waals surface area contributed by atoms with Gasteiger partial charge in [0.05, 0.1) is 0 Å². The fraction of sp³-hybridized carbons (Fsp3) is 0.417. The topological polar surface area (TPSA) is 29.5 Å². The summed E-state index contributed by atoms with van der Waals surface area (Å²) in [7, 11) is 1.78. The zero-order chi connectivity index (χ0) is 12.0. The summed E-state index contributed by atoms with van der Waals surface area (Å²) < 4.78 is 5.38. The number of alkyl halides is 1. The fourth-order valence-corrected chi connectivity index (χ4v) is 1.55. The van der Waals surface area contributed by atoms with Crippen LogP contribution in [0.2, 0.25) is 0 Å². The van der Waals surface area contributed by atoms with E-state index < -0.39 is 0 Å². The molecular weight excluding hydrogens is 270 g/mol. The first kappa shape index (κ1) is 13.0. The molecule has 0 aliphatic carbocycles. The van der Waals surface area contributed by atoms with Gasteiger partial charge in [-0.3, -0.25) is 4.79 Å². The van der Waals surface area contributed by atoms with Gasteiger partial charge in [0.25, 0.3) is 5.91 Å². The molecule has 4 heteroatoms. The summed E-state index contributed by atoms with van der Waals surface area (Å²) in [5.41, 5.74) is 0. The second-order valence-corrected chi connectivity index (χ2v) is 4.26. The Labute approximate surface area is 105 Å². The highest BCUT2D eigenvalue weighted by Gasteiger charge is 2.14. The average molecular weight is 286 g/mol. The van der Waals surface area contributed by atoms with Gasteiger partial charge in [-0.05, 0) is 19.1 Å². The molecule has 0 aromatic heterocycles. The van der Waals surface area contributed by atoms with Crippen LogP contribution in [0, 0.1) is 0 Å². The summed E-state index contributed by atoms with van der Waals surface area (Å²) in [6, 6.07) is 9.51. The standard InChI is InChI=1S/C12H16BrNO2/c1-10(8-13)14(2)12(15)9-16-11-6-4-3-5-7-11/h3-7,10H,8-9H2,1-2H3. The number of carbonyl (C=O) groups is 1. The van der Waals surface area contributed by atoms with Gasteiger partial charge in [0, 0.05) is 18.4 Å². The molecule has 0 saturated heterocycles. The third kappa shape index (κ3) is 3.85. The van der Waals surface area contributed by atoms with Gasteiger partial charge in [-0.15, -0.1) is 0 Å². The van der Waals surface area contributed by atoms with E-state index in [-0.39, 0.29) is 18.6 Å². The molecule has 1 rings (SSSR count). The lowest BCUT2D eigenvalue weighted by atomic mass is 10.3. The summed E-state index contributed by atoms with van der Waals surface area (Å²) in [5, 5.41) is 0.764. The van der Waals surface area contributed by atoms with Crippen molar-refractivity contribution < 1.29 is 9.53 Å². The Morgan fingerprint density at radius 1 is 1.44 bits per heavy atom. The lowest BCUT2D eigenvalue weighted by molar-refractivity contribution is -0.133. The summed E-state index contributed by atoms with van der Waals surface area (Å²) in [6.45, 7) is 2.06. The van der Waals surface area contributed by atoms with Crippen LogP contribution >= 0.6 is 15.9 Å². The first-order valence-corrected chi connectivity index (χ1v) is 6.26. The van der Waals surface area contributed by atoms with E-state index in [1.54, 1.807) is 11.9 Å². The van der Waals surface area contributed by atoms with Crippen molar-refractivity contribution in [3.63, 3.8) is 0 Å². The van der Waals surface area contributed by atoms with Gasteiger partial charge in [0.15, 0.2) is 6.61 Å². The minimum Gasteiger partial charge on any atom is -0.484 e. The Bertz CT molecular complexity index is 329. The number of likely N-dealkylation sites (N-methyl/N-ethyl adjacent to an activating group) is 1. The number of nitrogens with zero attached hydrogens (tertiary/aromatic N) is 1. The van der Waals surface area contributed by atoms with Gasteiger partial charge in [0.1, 0.15) is 5.75 Å². The van der Waals surface area contributed by atoms with Gasteiger partial charge in [0.2, 0.25) is 0 Å². The predicted molar refractivity (Wildman–Crippen MR) is 68.0 cm³/mol. The van der Waals surface area contributed by atoms with Crippen LogP contribution in [-0.4, -0.2) is 35.8 Å². The quantitative estimate of drug-likeness (QED) is 0.777. The van der Waals surface area contributed by atoms with E-state index >= 15 is 0 Å². The minimum atomic E-state index is -0.0178. The van der Waals surface area contributed by atoms with Crippen LogP contribution < -0.4 is 4.74 Å². The van der Waals surface area contributed by atoms with Crippen LogP contribution in [0.3, 0.4) is 0 Å². The largest absolute Gasteiger partial charge is 0.484 e. The van der Waals surface area contributed by atoms with E-state index in [1.165, 1.54) is 0 Å². The number of halogens is 1. The Balaban J connectivity index is 2.41. The summed E-state index contributed by atoms with van der Waals surface area (Å²) in [6.07, 6.45) is 0. The Morgan fingerprint density at radius 2 is 2.06 bits per heavy atom. The number of ether oxygens (including phenoxy) is 1. The molecule has 16 heavy (non-hydrogen) atoms. The second kappa shape index (κ2) is 6.53. The molecule has 0 bridgehead atoms. The fourth-order valence-electron chi connectivity index (χ4n) is 1.11. The molecule has 1 aromatic carbocycles. The average Bonchev–Trinajstić information content (AvgIpc) is 2.35. The molecule has 0 saturated carbocycles. The third-order valence-electron chi connectivity index (χ3n) is 2.38. The van der Waals surface area contributed by atoms with E-state index in [1.807, 2.05) is 37.3 Å².